The van der Waals surface area contributed by atoms with Gasteiger partial charge in [0.15, 0.2) is 0 Å². The number of hydrogen-bond acceptors (Lipinski definition) is 4. The molecule has 6 nitrogen and oxygen atoms in total. The summed E-state index contributed by atoms with van der Waals surface area (Å²) in [4.78, 5) is 0.0773. The molecule has 0 aromatic heterocycles. The van der Waals surface area contributed by atoms with Crippen LogP contribution >= 0.6 is 11.6 Å². The van der Waals surface area contributed by atoms with Gasteiger partial charge in [-0.1, -0.05) is 23.7 Å². The first kappa shape index (κ1) is 18.2. The summed E-state index contributed by atoms with van der Waals surface area (Å²) in [6, 6.07) is 11.7. The highest BCUT2D eigenvalue weighted by atomic mass is 35.5. The van der Waals surface area contributed by atoms with Gasteiger partial charge in [0.25, 0.3) is 10.0 Å². The zero-order valence-electron chi connectivity index (χ0n) is 13.2. The van der Waals surface area contributed by atoms with Gasteiger partial charge >= 0.3 is 0 Å². The summed E-state index contributed by atoms with van der Waals surface area (Å²) in [5, 5.41) is 0.299. The lowest BCUT2D eigenvalue weighted by Crippen LogP contribution is -2.27. The molecule has 134 valence electrons. The van der Waals surface area contributed by atoms with Gasteiger partial charge in [-0.15, -0.1) is 0 Å². The fourth-order valence-corrected chi connectivity index (χ4v) is 5.56. The van der Waals surface area contributed by atoms with Crippen LogP contribution in [0.4, 0.5) is 5.69 Å². The zero-order valence-corrected chi connectivity index (χ0v) is 15.6. The molecule has 0 radical (unpaired) electrons. The number of benzene rings is 2. The third kappa shape index (κ3) is 3.98. The molecule has 0 atom stereocenters. The van der Waals surface area contributed by atoms with E-state index in [1.807, 2.05) is 0 Å². The van der Waals surface area contributed by atoms with Crippen LogP contribution in [0.1, 0.15) is 12.8 Å². The first-order valence-electron chi connectivity index (χ1n) is 7.68. The van der Waals surface area contributed by atoms with E-state index in [-0.39, 0.29) is 15.5 Å². The first-order valence-corrected chi connectivity index (χ1v) is 11.0. The summed E-state index contributed by atoms with van der Waals surface area (Å²) in [6.07, 6.45) is 1.67. The Bertz CT molecular complexity index is 985. The summed E-state index contributed by atoms with van der Waals surface area (Å²) < 4.78 is 53.9. The van der Waals surface area contributed by atoms with E-state index in [0.29, 0.717) is 18.1 Å². The van der Waals surface area contributed by atoms with Gasteiger partial charge in [0.2, 0.25) is 10.0 Å². The van der Waals surface area contributed by atoms with E-state index in [4.69, 9.17) is 11.6 Å². The van der Waals surface area contributed by atoms with Crippen LogP contribution < -0.4 is 4.72 Å². The Morgan fingerprint density at radius 1 is 0.880 bits per heavy atom. The third-order valence-electron chi connectivity index (χ3n) is 3.90. The van der Waals surface area contributed by atoms with Crippen molar-refractivity contribution in [2.24, 2.45) is 0 Å². The van der Waals surface area contributed by atoms with E-state index in [0.717, 1.165) is 12.8 Å². The molecule has 25 heavy (non-hydrogen) atoms. The molecule has 0 unspecified atom stereocenters. The van der Waals surface area contributed by atoms with Crippen molar-refractivity contribution in [1.29, 1.82) is 0 Å². The minimum atomic E-state index is -3.86. The number of hydrogen-bond donors (Lipinski definition) is 1. The van der Waals surface area contributed by atoms with Crippen molar-refractivity contribution in [2.45, 2.75) is 22.6 Å². The maximum atomic E-state index is 12.6. The van der Waals surface area contributed by atoms with Gasteiger partial charge in [0.1, 0.15) is 0 Å². The Balaban J connectivity index is 1.89. The van der Waals surface area contributed by atoms with E-state index >= 15 is 0 Å². The highest BCUT2D eigenvalue weighted by molar-refractivity contribution is 7.92. The van der Waals surface area contributed by atoms with Crippen LogP contribution in [0.25, 0.3) is 0 Å². The zero-order chi connectivity index (χ0) is 18.1. The number of rotatable bonds is 5. The second-order valence-corrected chi connectivity index (χ2v) is 9.76. The van der Waals surface area contributed by atoms with Crippen molar-refractivity contribution >= 4 is 37.3 Å². The van der Waals surface area contributed by atoms with E-state index in [1.54, 1.807) is 6.07 Å². The Labute approximate surface area is 152 Å². The standard InChI is InChI=1S/C16H17ClN2O4S2/c17-13-5-3-7-15(11-13)24(20,21)18-14-6-4-8-16(12-14)25(22,23)19-9-1-2-10-19/h3-8,11-12,18H,1-2,9-10H2. The molecular formula is C16H17ClN2O4S2. The van der Waals surface area contributed by atoms with Crippen LogP contribution in [0.15, 0.2) is 58.3 Å². The van der Waals surface area contributed by atoms with Crippen molar-refractivity contribution in [3.63, 3.8) is 0 Å². The Kier molecular flexibility index (Phi) is 5.06. The number of halogens is 1. The number of anilines is 1. The normalized spacial score (nSPS) is 16.0. The topological polar surface area (TPSA) is 83.5 Å². The number of nitrogens with zero attached hydrogens (tertiary/aromatic N) is 1. The molecule has 1 N–H and O–H groups in total. The minimum Gasteiger partial charge on any atom is -0.280 e. The van der Waals surface area contributed by atoms with Gasteiger partial charge < -0.3 is 0 Å². The lowest BCUT2D eigenvalue weighted by Gasteiger charge is -2.16. The molecule has 1 aliphatic heterocycles. The minimum absolute atomic E-state index is 0.00723. The molecule has 3 rings (SSSR count). The monoisotopic (exact) mass is 400 g/mol. The molecule has 2 aromatic carbocycles. The van der Waals surface area contributed by atoms with Gasteiger partial charge in [-0.05, 0) is 49.2 Å². The summed E-state index contributed by atoms with van der Waals surface area (Å²) in [7, 11) is -7.47. The average Bonchev–Trinajstić information content (AvgIpc) is 3.10. The average molecular weight is 401 g/mol. The highest BCUT2D eigenvalue weighted by Gasteiger charge is 2.27. The van der Waals surface area contributed by atoms with Crippen LogP contribution in [-0.2, 0) is 20.0 Å². The Morgan fingerprint density at radius 3 is 2.20 bits per heavy atom. The van der Waals surface area contributed by atoms with Crippen molar-refractivity contribution < 1.29 is 16.8 Å². The Morgan fingerprint density at radius 2 is 1.52 bits per heavy atom. The molecule has 1 fully saturated rings. The second-order valence-electron chi connectivity index (χ2n) is 5.70. The summed E-state index contributed by atoms with van der Waals surface area (Å²) in [6.45, 7) is 0.974. The second kappa shape index (κ2) is 6.95. The fourth-order valence-electron chi connectivity index (χ4n) is 2.65. The largest absolute Gasteiger partial charge is 0.280 e. The molecular weight excluding hydrogens is 384 g/mol. The predicted octanol–water partition coefficient (Wildman–Crippen LogP) is 2.93. The molecule has 0 saturated carbocycles. The molecule has 0 bridgehead atoms. The number of nitrogens with one attached hydrogen (secondary N) is 1. The summed E-state index contributed by atoms with van der Waals surface area (Å²) in [5.41, 5.74) is 0.181. The third-order valence-corrected chi connectivity index (χ3v) is 7.40. The molecule has 0 spiro atoms. The van der Waals surface area contributed by atoms with Gasteiger partial charge in [-0.3, -0.25) is 4.72 Å². The maximum absolute atomic E-state index is 12.6. The van der Waals surface area contributed by atoms with Crippen molar-refractivity contribution in [3.8, 4) is 0 Å². The molecule has 2 aromatic rings. The van der Waals surface area contributed by atoms with Gasteiger partial charge in [-0.2, -0.15) is 4.31 Å². The number of sulfonamides is 2. The van der Waals surface area contributed by atoms with Crippen LogP contribution in [0.5, 0.6) is 0 Å². The van der Waals surface area contributed by atoms with Gasteiger partial charge in [0, 0.05) is 18.1 Å². The molecule has 0 amide bonds. The SMILES string of the molecule is O=S(=O)(Nc1cccc(S(=O)(=O)N2CCCC2)c1)c1cccc(Cl)c1. The summed E-state index contributed by atoms with van der Waals surface area (Å²) in [5.74, 6) is 0. The van der Waals surface area contributed by atoms with E-state index in [9.17, 15) is 16.8 Å². The van der Waals surface area contributed by atoms with Crippen molar-refractivity contribution in [1.82, 2.24) is 4.31 Å². The molecule has 1 aliphatic rings. The quantitative estimate of drug-likeness (QED) is 0.836. The molecule has 1 heterocycles. The summed E-state index contributed by atoms with van der Waals surface area (Å²) >= 11 is 5.83. The maximum Gasteiger partial charge on any atom is 0.261 e. The van der Waals surface area contributed by atoms with Gasteiger partial charge in [0.05, 0.1) is 15.5 Å². The molecule has 1 saturated heterocycles. The van der Waals surface area contributed by atoms with Crippen LogP contribution in [0.3, 0.4) is 0 Å². The van der Waals surface area contributed by atoms with Crippen molar-refractivity contribution in [2.75, 3.05) is 17.8 Å². The lowest BCUT2D eigenvalue weighted by molar-refractivity contribution is 0.477. The fraction of sp³-hybridized carbons (Fsp3) is 0.250. The lowest BCUT2D eigenvalue weighted by atomic mass is 10.3. The van der Waals surface area contributed by atoms with Gasteiger partial charge in [-0.25, -0.2) is 16.8 Å². The van der Waals surface area contributed by atoms with Crippen LogP contribution in [0.2, 0.25) is 5.02 Å². The molecule has 9 heteroatoms. The highest BCUT2D eigenvalue weighted by Crippen LogP contribution is 2.25. The van der Waals surface area contributed by atoms with Crippen LogP contribution in [-0.4, -0.2) is 34.2 Å². The van der Waals surface area contributed by atoms with E-state index < -0.39 is 20.0 Å². The van der Waals surface area contributed by atoms with Crippen molar-refractivity contribution in [3.05, 3.63) is 53.6 Å². The first-order chi connectivity index (χ1) is 11.8. The smallest absolute Gasteiger partial charge is 0.261 e. The predicted molar refractivity (Wildman–Crippen MR) is 96.7 cm³/mol. The Hall–Kier alpha value is -1.61. The van der Waals surface area contributed by atoms with Crippen LogP contribution in [0, 0.1) is 0 Å². The van der Waals surface area contributed by atoms with E-state index in [2.05, 4.69) is 4.72 Å². The molecule has 0 aliphatic carbocycles. The van der Waals surface area contributed by atoms with E-state index in [1.165, 1.54) is 46.8 Å².